The SMILES string of the molecule is O=C(c1ccc2c(c1)OCO2)N(Cc1ccco1)c1nc2ccc(Br)cc2s1. The fraction of sp³-hybridized carbons (Fsp3) is 0.100. The number of furan rings is 1. The van der Waals surface area contributed by atoms with Crippen LogP contribution < -0.4 is 14.4 Å². The van der Waals surface area contributed by atoms with E-state index in [0.717, 1.165) is 14.7 Å². The third-order valence-corrected chi connectivity index (χ3v) is 5.86. The van der Waals surface area contributed by atoms with Crippen molar-refractivity contribution in [1.29, 1.82) is 0 Å². The Morgan fingerprint density at radius 1 is 1.14 bits per heavy atom. The first-order chi connectivity index (χ1) is 13.7. The van der Waals surface area contributed by atoms with Crippen molar-refractivity contribution in [3.63, 3.8) is 0 Å². The second kappa shape index (κ2) is 6.96. The summed E-state index contributed by atoms with van der Waals surface area (Å²) in [6.07, 6.45) is 1.59. The maximum absolute atomic E-state index is 13.4. The molecule has 2 aromatic heterocycles. The van der Waals surface area contributed by atoms with Gasteiger partial charge in [-0.15, -0.1) is 0 Å². The minimum Gasteiger partial charge on any atom is -0.467 e. The Kier molecular flexibility index (Phi) is 4.29. The molecule has 0 unspecified atom stereocenters. The standard InChI is InChI=1S/C20H13BrN2O4S/c21-13-4-5-15-18(9-13)28-20(22-15)23(10-14-2-1-7-25-14)19(24)12-3-6-16-17(8-12)27-11-26-16/h1-9H,10-11H2. The summed E-state index contributed by atoms with van der Waals surface area (Å²) in [6.45, 7) is 0.442. The topological polar surface area (TPSA) is 64.8 Å². The molecule has 140 valence electrons. The fourth-order valence-corrected chi connectivity index (χ4v) is 4.49. The van der Waals surface area contributed by atoms with Gasteiger partial charge in [-0.1, -0.05) is 27.3 Å². The van der Waals surface area contributed by atoms with Crippen molar-refractivity contribution in [2.45, 2.75) is 6.54 Å². The van der Waals surface area contributed by atoms with Crippen LogP contribution in [0.2, 0.25) is 0 Å². The molecule has 0 saturated heterocycles. The lowest BCUT2D eigenvalue weighted by atomic mass is 10.1. The zero-order valence-electron chi connectivity index (χ0n) is 14.4. The van der Waals surface area contributed by atoms with Gasteiger partial charge in [0, 0.05) is 10.0 Å². The third-order valence-electron chi connectivity index (χ3n) is 4.33. The summed E-state index contributed by atoms with van der Waals surface area (Å²) in [5.74, 6) is 1.69. The zero-order valence-corrected chi connectivity index (χ0v) is 16.8. The molecule has 1 aliphatic rings. The molecule has 4 aromatic rings. The van der Waals surface area contributed by atoms with Crippen molar-refractivity contribution in [3.8, 4) is 11.5 Å². The molecule has 5 rings (SSSR count). The summed E-state index contributed by atoms with van der Waals surface area (Å²) >= 11 is 4.94. The second-order valence-electron chi connectivity index (χ2n) is 6.15. The smallest absolute Gasteiger partial charge is 0.260 e. The molecule has 0 radical (unpaired) electrons. The summed E-state index contributed by atoms with van der Waals surface area (Å²) in [6, 6.07) is 14.7. The minimum atomic E-state index is -0.187. The van der Waals surface area contributed by atoms with Crippen LogP contribution in [0.3, 0.4) is 0 Å². The first-order valence-electron chi connectivity index (χ1n) is 8.47. The van der Waals surface area contributed by atoms with E-state index in [4.69, 9.17) is 13.9 Å². The predicted octanol–water partition coefficient (Wildman–Crippen LogP) is 5.23. The van der Waals surface area contributed by atoms with Gasteiger partial charge in [0.1, 0.15) is 5.76 Å². The number of benzene rings is 2. The van der Waals surface area contributed by atoms with Gasteiger partial charge in [0.05, 0.1) is 23.0 Å². The molecule has 0 fully saturated rings. The number of nitrogens with zero attached hydrogens (tertiary/aromatic N) is 2. The highest BCUT2D eigenvalue weighted by Gasteiger charge is 2.25. The van der Waals surface area contributed by atoms with E-state index >= 15 is 0 Å². The van der Waals surface area contributed by atoms with E-state index in [0.29, 0.717) is 28.0 Å². The van der Waals surface area contributed by atoms with Crippen LogP contribution in [0.4, 0.5) is 5.13 Å². The Hall–Kier alpha value is -2.84. The second-order valence-corrected chi connectivity index (χ2v) is 8.07. The van der Waals surface area contributed by atoms with Gasteiger partial charge in [-0.05, 0) is 48.5 Å². The van der Waals surface area contributed by atoms with Crippen LogP contribution in [0, 0.1) is 0 Å². The van der Waals surface area contributed by atoms with E-state index in [2.05, 4.69) is 20.9 Å². The van der Waals surface area contributed by atoms with E-state index in [1.54, 1.807) is 35.4 Å². The summed E-state index contributed by atoms with van der Waals surface area (Å²) in [5, 5.41) is 0.604. The summed E-state index contributed by atoms with van der Waals surface area (Å²) in [7, 11) is 0. The highest BCUT2D eigenvalue weighted by atomic mass is 79.9. The Morgan fingerprint density at radius 2 is 2.04 bits per heavy atom. The number of halogens is 1. The highest BCUT2D eigenvalue weighted by molar-refractivity contribution is 9.10. The average molecular weight is 457 g/mol. The molecular formula is C20H13BrN2O4S. The van der Waals surface area contributed by atoms with Gasteiger partial charge in [0.2, 0.25) is 6.79 Å². The van der Waals surface area contributed by atoms with E-state index < -0.39 is 0 Å². The van der Waals surface area contributed by atoms with Gasteiger partial charge >= 0.3 is 0 Å². The van der Waals surface area contributed by atoms with Crippen LogP contribution in [-0.2, 0) is 6.54 Å². The quantitative estimate of drug-likeness (QED) is 0.420. The number of hydrogen-bond donors (Lipinski definition) is 0. The molecule has 3 heterocycles. The normalized spacial score (nSPS) is 12.5. The Balaban J connectivity index is 1.56. The van der Waals surface area contributed by atoms with E-state index in [1.165, 1.54) is 11.3 Å². The molecule has 8 heteroatoms. The maximum atomic E-state index is 13.4. The van der Waals surface area contributed by atoms with Gasteiger partial charge in [-0.25, -0.2) is 4.98 Å². The van der Waals surface area contributed by atoms with Crippen LogP contribution in [-0.4, -0.2) is 17.7 Å². The van der Waals surface area contributed by atoms with Crippen molar-refractivity contribution >= 4 is 48.5 Å². The largest absolute Gasteiger partial charge is 0.467 e. The van der Waals surface area contributed by atoms with Gasteiger partial charge in [-0.3, -0.25) is 9.69 Å². The molecule has 0 aliphatic carbocycles. The lowest BCUT2D eigenvalue weighted by Gasteiger charge is -2.19. The number of rotatable bonds is 4. The van der Waals surface area contributed by atoms with Crippen LogP contribution in [0.5, 0.6) is 11.5 Å². The zero-order chi connectivity index (χ0) is 19.1. The van der Waals surface area contributed by atoms with Crippen molar-refractivity contribution < 1.29 is 18.7 Å². The Bertz CT molecular complexity index is 1170. The molecule has 0 spiro atoms. The first-order valence-corrected chi connectivity index (χ1v) is 10.1. The van der Waals surface area contributed by atoms with Crippen molar-refractivity contribution in [2.75, 3.05) is 11.7 Å². The summed E-state index contributed by atoms with van der Waals surface area (Å²) in [4.78, 5) is 19.6. The third kappa shape index (κ3) is 3.14. The monoisotopic (exact) mass is 456 g/mol. The van der Waals surface area contributed by atoms with Crippen LogP contribution in [0.1, 0.15) is 16.1 Å². The lowest BCUT2D eigenvalue weighted by molar-refractivity contribution is 0.0983. The number of thiazole rings is 1. The molecular weight excluding hydrogens is 444 g/mol. The molecule has 0 saturated carbocycles. The molecule has 0 atom stereocenters. The number of carbonyl (C=O) groups excluding carboxylic acids is 1. The van der Waals surface area contributed by atoms with Crippen LogP contribution >= 0.6 is 27.3 Å². The van der Waals surface area contributed by atoms with Gasteiger partial charge in [-0.2, -0.15) is 0 Å². The molecule has 1 amide bonds. The summed E-state index contributed by atoms with van der Waals surface area (Å²) in [5.41, 5.74) is 1.34. The lowest BCUT2D eigenvalue weighted by Crippen LogP contribution is -2.30. The Morgan fingerprint density at radius 3 is 2.89 bits per heavy atom. The maximum Gasteiger partial charge on any atom is 0.260 e. The predicted molar refractivity (Wildman–Crippen MR) is 109 cm³/mol. The average Bonchev–Trinajstić information content (AvgIpc) is 3.44. The van der Waals surface area contributed by atoms with Gasteiger partial charge in [0.25, 0.3) is 5.91 Å². The minimum absolute atomic E-state index is 0.163. The molecule has 6 nitrogen and oxygen atoms in total. The number of ether oxygens (including phenoxy) is 2. The molecule has 0 bridgehead atoms. The first kappa shape index (κ1) is 17.3. The molecule has 1 aliphatic heterocycles. The number of anilines is 1. The van der Waals surface area contributed by atoms with E-state index in [9.17, 15) is 4.79 Å². The highest BCUT2D eigenvalue weighted by Crippen LogP contribution is 2.35. The van der Waals surface area contributed by atoms with Crippen molar-refractivity contribution in [3.05, 3.63) is 70.6 Å². The summed E-state index contributed by atoms with van der Waals surface area (Å²) < 4.78 is 18.2. The molecule has 2 aromatic carbocycles. The molecule has 28 heavy (non-hydrogen) atoms. The Labute approximate surface area is 172 Å². The van der Waals surface area contributed by atoms with Crippen LogP contribution in [0.25, 0.3) is 10.2 Å². The number of carbonyl (C=O) groups is 1. The number of amides is 1. The number of fused-ring (bicyclic) bond motifs is 2. The van der Waals surface area contributed by atoms with Crippen LogP contribution in [0.15, 0.2) is 63.7 Å². The van der Waals surface area contributed by atoms with E-state index in [1.807, 2.05) is 24.3 Å². The van der Waals surface area contributed by atoms with Crippen molar-refractivity contribution in [2.24, 2.45) is 0 Å². The number of aromatic nitrogens is 1. The van der Waals surface area contributed by atoms with E-state index in [-0.39, 0.29) is 19.2 Å². The van der Waals surface area contributed by atoms with Gasteiger partial charge < -0.3 is 13.9 Å². The molecule has 0 N–H and O–H groups in total. The van der Waals surface area contributed by atoms with Gasteiger partial charge in [0.15, 0.2) is 16.6 Å². The number of hydrogen-bond acceptors (Lipinski definition) is 6. The fourth-order valence-electron chi connectivity index (χ4n) is 2.97. The van der Waals surface area contributed by atoms with Crippen molar-refractivity contribution in [1.82, 2.24) is 4.98 Å².